The zero-order valence-electron chi connectivity index (χ0n) is 15.0. The smallest absolute Gasteiger partial charge is 0.189 e. The molecule has 1 unspecified atom stereocenters. The van der Waals surface area contributed by atoms with Crippen molar-refractivity contribution in [2.75, 3.05) is 38.7 Å². The van der Waals surface area contributed by atoms with Gasteiger partial charge in [-0.25, -0.2) is 4.39 Å². The second-order valence-corrected chi connectivity index (χ2v) is 7.23. The summed E-state index contributed by atoms with van der Waals surface area (Å²) >= 11 is 0. The fraction of sp³-hybridized carbons (Fsp3) is 0.526. The molecule has 1 aliphatic heterocycles. The molecule has 0 spiro atoms. The second-order valence-electron chi connectivity index (χ2n) is 7.23. The Hall–Kier alpha value is -2.08. The molecule has 1 aromatic carbocycles. The van der Waals surface area contributed by atoms with Crippen molar-refractivity contribution in [1.29, 1.82) is 0 Å². The van der Waals surface area contributed by atoms with E-state index in [0.29, 0.717) is 28.9 Å². The van der Waals surface area contributed by atoms with Crippen molar-refractivity contribution < 1.29 is 9.13 Å². The third-order valence-electron chi connectivity index (χ3n) is 5.51. The molecule has 1 saturated carbocycles. The van der Waals surface area contributed by atoms with Crippen LogP contribution in [0.4, 0.5) is 10.1 Å². The van der Waals surface area contributed by atoms with Crippen molar-refractivity contribution in [3.8, 4) is 5.75 Å². The van der Waals surface area contributed by atoms with E-state index < -0.39 is 0 Å². The molecule has 2 fully saturated rings. The number of fused-ring (bicyclic) bond motifs is 1. The van der Waals surface area contributed by atoms with Gasteiger partial charge in [-0.2, -0.15) is 0 Å². The summed E-state index contributed by atoms with van der Waals surface area (Å²) in [6.07, 6.45) is 3.98. The third-order valence-corrected chi connectivity index (χ3v) is 5.51. The van der Waals surface area contributed by atoms with Gasteiger partial charge in [0.05, 0.1) is 18.0 Å². The lowest BCUT2D eigenvalue weighted by Crippen LogP contribution is -2.50. The van der Waals surface area contributed by atoms with Crippen molar-refractivity contribution in [2.24, 2.45) is 0 Å². The van der Waals surface area contributed by atoms with Crippen LogP contribution >= 0.6 is 0 Å². The minimum atomic E-state index is -0.383. The molecule has 6 heteroatoms. The van der Waals surface area contributed by atoms with Crippen molar-refractivity contribution in [1.82, 2.24) is 9.47 Å². The lowest BCUT2D eigenvalue weighted by Gasteiger charge is -2.39. The number of benzene rings is 1. The minimum absolute atomic E-state index is 0.164. The molecule has 1 aromatic heterocycles. The molecule has 0 bridgehead atoms. The van der Waals surface area contributed by atoms with Gasteiger partial charge in [0, 0.05) is 44.0 Å². The molecule has 2 aliphatic rings. The summed E-state index contributed by atoms with van der Waals surface area (Å²) in [6, 6.07) is 3.62. The quantitative estimate of drug-likeness (QED) is 0.857. The van der Waals surface area contributed by atoms with E-state index in [9.17, 15) is 4.79 Å². The molecule has 1 atom stereocenters. The summed E-state index contributed by atoms with van der Waals surface area (Å²) in [5, 5.41) is 0.398. The van der Waals surface area contributed by atoms with E-state index in [0.717, 1.165) is 38.0 Å². The zero-order valence-corrected chi connectivity index (χ0v) is 15.0. The molecule has 4 rings (SSSR count). The Balaban J connectivity index is 1.94. The van der Waals surface area contributed by atoms with Gasteiger partial charge >= 0.3 is 0 Å². The van der Waals surface area contributed by atoms with Gasteiger partial charge in [0.1, 0.15) is 5.69 Å². The van der Waals surface area contributed by atoms with Crippen LogP contribution in [-0.4, -0.2) is 49.3 Å². The van der Waals surface area contributed by atoms with Gasteiger partial charge in [-0.1, -0.05) is 0 Å². The van der Waals surface area contributed by atoms with Crippen LogP contribution in [0.2, 0.25) is 0 Å². The van der Waals surface area contributed by atoms with Gasteiger partial charge in [0.25, 0.3) is 0 Å². The average Bonchev–Trinajstić information content (AvgIpc) is 3.42. The third kappa shape index (κ3) is 2.68. The first-order valence-corrected chi connectivity index (χ1v) is 8.87. The van der Waals surface area contributed by atoms with Crippen molar-refractivity contribution >= 4 is 16.6 Å². The van der Waals surface area contributed by atoms with Crippen LogP contribution in [0.3, 0.4) is 0 Å². The highest BCUT2D eigenvalue weighted by Crippen LogP contribution is 2.43. The number of anilines is 1. The molecule has 5 nitrogen and oxygen atoms in total. The maximum absolute atomic E-state index is 15.0. The Labute approximate surface area is 146 Å². The normalized spacial score (nSPS) is 21.8. The largest absolute Gasteiger partial charge is 0.492 e. The number of ether oxygens (including phenoxy) is 1. The molecule has 134 valence electrons. The first-order chi connectivity index (χ1) is 12.0. The number of aromatic nitrogens is 1. The van der Waals surface area contributed by atoms with Crippen LogP contribution in [0.15, 0.2) is 23.1 Å². The number of halogens is 1. The number of methoxy groups -OCH3 is 1. The van der Waals surface area contributed by atoms with Crippen LogP contribution in [0.5, 0.6) is 5.75 Å². The maximum Gasteiger partial charge on any atom is 0.189 e. The molecule has 1 saturated heterocycles. The van der Waals surface area contributed by atoms with Gasteiger partial charge < -0.3 is 19.1 Å². The highest BCUT2D eigenvalue weighted by molar-refractivity contribution is 5.91. The summed E-state index contributed by atoms with van der Waals surface area (Å²) in [5.41, 5.74) is 1.04. The van der Waals surface area contributed by atoms with E-state index in [2.05, 4.69) is 23.4 Å². The van der Waals surface area contributed by atoms with Gasteiger partial charge in [-0.15, -0.1) is 0 Å². The van der Waals surface area contributed by atoms with Gasteiger partial charge in [-0.05, 0) is 32.9 Å². The number of nitrogens with zero attached hydrogens (tertiary/aromatic N) is 3. The Morgan fingerprint density at radius 2 is 2.04 bits per heavy atom. The molecule has 1 aliphatic carbocycles. The molecule has 0 radical (unpaired) electrons. The zero-order chi connectivity index (χ0) is 17.7. The monoisotopic (exact) mass is 345 g/mol. The highest BCUT2D eigenvalue weighted by atomic mass is 19.1. The Morgan fingerprint density at radius 3 is 2.68 bits per heavy atom. The Kier molecular flexibility index (Phi) is 3.95. The van der Waals surface area contributed by atoms with Crippen LogP contribution in [0, 0.1) is 5.82 Å². The first-order valence-electron chi connectivity index (χ1n) is 8.87. The fourth-order valence-corrected chi connectivity index (χ4v) is 3.76. The lowest BCUT2D eigenvalue weighted by atomic mass is 10.1. The standard InChI is InChI=1S/C19H24FN3O2/c1-12-11-22(9-8-21(12)2)18-15(20)10-14-16(24)6-7-23(13-4-5-13)17(14)19(18)25-3/h6-7,10,12-13H,4-5,8-9,11H2,1-3H3. The van der Waals surface area contributed by atoms with Crippen molar-refractivity contribution in [2.45, 2.75) is 31.8 Å². The van der Waals surface area contributed by atoms with Gasteiger partial charge in [-0.3, -0.25) is 4.79 Å². The molecule has 0 N–H and O–H groups in total. The van der Waals surface area contributed by atoms with E-state index in [1.54, 1.807) is 7.11 Å². The molecule has 0 amide bonds. The highest BCUT2D eigenvalue weighted by Gasteiger charge is 2.31. The van der Waals surface area contributed by atoms with Crippen molar-refractivity contribution in [3.63, 3.8) is 0 Å². The van der Waals surface area contributed by atoms with Crippen LogP contribution in [0.25, 0.3) is 10.9 Å². The van der Waals surface area contributed by atoms with Gasteiger partial charge in [0.2, 0.25) is 0 Å². The Bertz CT molecular complexity index is 875. The predicted molar refractivity (Wildman–Crippen MR) is 97.3 cm³/mol. The van der Waals surface area contributed by atoms with Crippen molar-refractivity contribution in [3.05, 3.63) is 34.4 Å². The summed E-state index contributed by atoms with van der Waals surface area (Å²) in [5.74, 6) is 0.100. The first kappa shape index (κ1) is 16.4. The van der Waals surface area contributed by atoms with Crippen LogP contribution in [0.1, 0.15) is 25.8 Å². The molecular weight excluding hydrogens is 321 g/mol. The average molecular weight is 345 g/mol. The van der Waals surface area contributed by atoms with E-state index >= 15 is 4.39 Å². The topological polar surface area (TPSA) is 37.7 Å². The molecular formula is C19H24FN3O2. The van der Waals surface area contributed by atoms with E-state index in [1.165, 1.54) is 12.1 Å². The Morgan fingerprint density at radius 1 is 1.28 bits per heavy atom. The summed E-state index contributed by atoms with van der Waals surface area (Å²) in [4.78, 5) is 16.6. The maximum atomic E-state index is 15.0. The predicted octanol–water partition coefficient (Wildman–Crippen LogP) is 2.62. The number of piperazine rings is 1. The summed E-state index contributed by atoms with van der Waals surface area (Å²) < 4.78 is 22.8. The number of rotatable bonds is 3. The molecule has 2 heterocycles. The number of likely N-dealkylation sites (N-methyl/N-ethyl adjacent to an activating group) is 1. The van der Waals surface area contributed by atoms with E-state index in [4.69, 9.17) is 4.74 Å². The van der Waals surface area contributed by atoms with Gasteiger partial charge in [0.15, 0.2) is 17.0 Å². The molecule has 25 heavy (non-hydrogen) atoms. The summed E-state index contributed by atoms with van der Waals surface area (Å²) in [7, 11) is 3.65. The lowest BCUT2D eigenvalue weighted by molar-refractivity contribution is 0.232. The van der Waals surface area contributed by atoms with Crippen LogP contribution < -0.4 is 15.1 Å². The number of hydrogen-bond acceptors (Lipinski definition) is 4. The second kappa shape index (κ2) is 6.02. The molecule has 2 aromatic rings. The van der Waals surface area contributed by atoms with E-state index in [1.807, 2.05) is 11.1 Å². The fourth-order valence-electron chi connectivity index (χ4n) is 3.76. The van der Waals surface area contributed by atoms with E-state index in [-0.39, 0.29) is 11.2 Å². The number of pyridine rings is 1. The van der Waals surface area contributed by atoms with Crippen LogP contribution in [-0.2, 0) is 0 Å². The SMILES string of the molecule is COc1c(N2CCN(C)C(C)C2)c(F)cc2c(=O)ccn(C3CC3)c12. The minimum Gasteiger partial charge on any atom is -0.492 e. The number of hydrogen-bond donors (Lipinski definition) is 0. The summed E-state index contributed by atoms with van der Waals surface area (Å²) in [6.45, 7) is 4.47.